The fraction of sp³-hybridized carbons (Fsp3) is 1.00. The van der Waals surface area contributed by atoms with Crippen molar-refractivity contribution in [3.05, 3.63) is 0 Å². The number of hydrogen-bond donors (Lipinski definition) is 1. The van der Waals surface area contributed by atoms with Gasteiger partial charge >= 0.3 is 0 Å². The molecule has 132 valence electrons. The Morgan fingerprint density at radius 3 is 2.26 bits per heavy atom. The van der Waals surface area contributed by atoms with Crippen molar-refractivity contribution in [3.8, 4) is 0 Å². The highest BCUT2D eigenvalue weighted by atomic mass is 14.9. The Morgan fingerprint density at radius 1 is 0.826 bits per heavy atom. The minimum absolute atomic E-state index is 0.772. The molecule has 7 unspecified atom stereocenters. The first-order valence-corrected chi connectivity index (χ1v) is 10.8. The lowest BCUT2D eigenvalue weighted by atomic mass is 9.48. The SMILES string of the molecule is CC1CCC(C2CNCC(C3CC(C)C34CCCC4)CC2C)C1. The maximum absolute atomic E-state index is 3.94. The van der Waals surface area contributed by atoms with E-state index < -0.39 is 0 Å². The van der Waals surface area contributed by atoms with Gasteiger partial charge in [0.25, 0.3) is 0 Å². The predicted octanol–water partition coefficient (Wildman–Crippen LogP) is 5.50. The highest BCUT2D eigenvalue weighted by Gasteiger charge is 2.56. The molecule has 4 rings (SSSR count). The summed E-state index contributed by atoms with van der Waals surface area (Å²) >= 11 is 0. The summed E-state index contributed by atoms with van der Waals surface area (Å²) in [5, 5.41) is 3.94. The average molecular weight is 318 g/mol. The summed E-state index contributed by atoms with van der Waals surface area (Å²) in [6, 6.07) is 0. The highest BCUT2D eigenvalue weighted by Crippen LogP contribution is 2.64. The topological polar surface area (TPSA) is 12.0 Å². The minimum atomic E-state index is 0.772. The van der Waals surface area contributed by atoms with E-state index in [1.54, 1.807) is 12.8 Å². The molecule has 0 aromatic rings. The van der Waals surface area contributed by atoms with Crippen molar-refractivity contribution in [2.75, 3.05) is 13.1 Å². The van der Waals surface area contributed by atoms with Gasteiger partial charge in [-0.15, -0.1) is 0 Å². The number of nitrogens with one attached hydrogen (secondary N) is 1. The van der Waals surface area contributed by atoms with Crippen LogP contribution in [0.5, 0.6) is 0 Å². The molecule has 3 saturated carbocycles. The van der Waals surface area contributed by atoms with Gasteiger partial charge in [-0.05, 0) is 98.5 Å². The molecule has 7 atom stereocenters. The van der Waals surface area contributed by atoms with E-state index in [0.717, 1.165) is 46.8 Å². The van der Waals surface area contributed by atoms with Crippen LogP contribution in [0.3, 0.4) is 0 Å². The first-order chi connectivity index (χ1) is 11.1. The van der Waals surface area contributed by atoms with Crippen molar-refractivity contribution in [1.82, 2.24) is 5.32 Å². The summed E-state index contributed by atoms with van der Waals surface area (Å²) in [6.07, 6.45) is 13.7. The van der Waals surface area contributed by atoms with Crippen LogP contribution in [0.2, 0.25) is 0 Å². The third-order valence-electron chi connectivity index (χ3n) is 8.96. The lowest BCUT2D eigenvalue weighted by molar-refractivity contribution is -0.0763. The molecule has 23 heavy (non-hydrogen) atoms. The molecule has 0 bridgehead atoms. The fourth-order valence-corrected chi connectivity index (χ4v) is 7.56. The summed E-state index contributed by atoms with van der Waals surface area (Å²) in [5.74, 6) is 6.95. The van der Waals surface area contributed by atoms with Gasteiger partial charge in [-0.3, -0.25) is 0 Å². The van der Waals surface area contributed by atoms with Gasteiger partial charge < -0.3 is 5.32 Å². The molecule has 0 radical (unpaired) electrons. The molecule has 0 aromatic carbocycles. The summed E-state index contributed by atoms with van der Waals surface area (Å²) in [7, 11) is 0. The van der Waals surface area contributed by atoms with Crippen molar-refractivity contribution in [2.45, 2.75) is 78.6 Å². The first kappa shape index (κ1) is 16.4. The Balaban J connectivity index is 1.42. The standard InChI is InChI=1S/C22H39N/c1-15-6-7-18(10-15)20-14-23-13-19(11-16(20)2)21-12-17(3)22(21)8-4-5-9-22/h15-21,23H,4-14H2,1-3H3. The van der Waals surface area contributed by atoms with E-state index in [1.165, 1.54) is 58.0 Å². The van der Waals surface area contributed by atoms with Crippen LogP contribution in [-0.4, -0.2) is 13.1 Å². The smallest absolute Gasteiger partial charge is 0.00152 e. The van der Waals surface area contributed by atoms with Crippen molar-refractivity contribution in [1.29, 1.82) is 0 Å². The van der Waals surface area contributed by atoms with Crippen molar-refractivity contribution >= 4 is 0 Å². The molecule has 1 aliphatic heterocycles. The number of hydrogen-bond acceptors (Lipinski definition) is 1. The minimum Gasteiger partial charge on any atom is -0.316 e. The Hall–Kier alpha value is -0.0400. The van der Waals surface area contributed by atoms with E-state index in [0.29, 0.717) is 0 Å². The Kier molecular flexibility index (Phi) is 4.54. The van der Waals surface area contributed by atoms with Gasteiger partial charge in [0, 0.05) is 0 Å². The van der Waals surface area contributed by atoms with E-state index >= 15 is 0 Å². The molecular formula is C22H39N. The summed E-state index contributed by atoms with van der Waals surface area (Å²) in [5.41, 5.74) is 0.772. The zero-order chi connectivity index (χ0) is 16.0. The molecule has 1 heteroatoms. The number of rotatable bonds is 2. The molecule has 4 aliphatic rings. The van der Waals surface area contributed by atoms with Gasteiger partial charge in [0.05, 0.1) is 0 Å². The first-order valence-electron chi connectivity index (χ1n) is 10.8. The summed E-state index contributed by atoms with van der Waals surface area (Å²) < 4.78 is 0. The van der Waals surface area contributed by atoms with Crippen LogP contribution in [0.25, 0.3) is 0 Å². The quantitative estimate of drug-likeness (QED) is 0.709. The van der Waals surface area contributed by atoms with Gasteiger partial charge in [0.1, 0.15) is 0 Å². The van der Waals surface area contributed by atoms with Gasteiger partial charge in [0.15, 0.2) is 0 Å². The molecule has 4 fully saturated rings. The van der Waals surface area contributed by atoms with E-state index in [4.69, 9.17) is 0 Å². The second kappa shape index (κ2) is 6.36. The Morgan fingerprint density at radius 2 is 1.61 bits per heavy atom. The zero-order valence-corrected chi connectivity index (χ0v) is 15.8. The molecular weight excluding hydrogens is 278 g/mol. The molecule has 1 heterocycles. The van der Waals surface area contributed by atoms with Crippen LogP contribution < -0.4 is 5.32 Å². The van der Waals surface area contributed by atoms with Crippen LogP contribution in [0.1, 0.15) is 78.6 Å². The van der Waals surface area contributed by atoms with E-state index in [9.17, 15) is 0 Å². The lowest BCUT2D eigenvalue weighted by Crippen LogP contribution is -2.51. The summed E-state index contributed by atoms with van der Waals surface area (Å²) in [6.45, 7) is 10.2. The molecule has 1 saturated heterocycles. The molecule has 1 N–H and O–H groups in total. The molecule has 1 nitrogen and oxygen atoms in total. The maximum atomic E-state index is 3.94. The third-order valence-corrected chi connectivity index (χ3v) is 8.96. The average Bonchev–Trinajstić information content (AvgIpc) is 3.15. The molecule has 1 spiro atoms. The highest BCUT2D eigenvalue weighted by molar-refractivity contribution is 5.06. The largest absolute Gasteiger partial charge is 0.316 e. The van der Waals surface area contributed by atoms with E-state index in [1.807, 2.05) is 0 Å². The molecule has 3 aliphatic carbocycles. The van der Waals surface area contributed by atoms with Crippen molar-refractivity contribution < 1.29 is 0 Å². The molecule has 0 amide bonds. The second-order valence-corrected chi connectivity index (χ2v) is 10.2. The zero-order valence-electron chi connectivity index (χ0n) is 15.8. The Bertz CT molecular complexity index is 410. The van der Waals surface area contributed by atoms with Crippen LogP contribution in [0.15, 0.2) is 0 Å². The van der Waals surface area contributed by atoms with Crippen LogP contribution in [-0.2, 0) is 0 Å². The molecule has 0 aromatic heterocycles. The monoisotopic (exact) mass is 317 g/mol. The van der Waals surface area contributed by atoms with Crippen molar-refractivity contribution in [3.63, 3.8) is 0 Å². The second-order valence-electron chi connectivity index (χ2n) is 10.2. The lowest BCUT2D eigenvalue weighted by Gasteiger charge is -2.57. The van der Waals surface area contributed by atoms with Crippen LogP contribution >= 0.6 is 0 Å². The van der Waals surface area contributed by atoms with Crippen LogP contribution in [0, 0.1) is 46.8 Å². The van der Waals surface area contributed by atoms with Crippen molar-refractivity contribution in [2.24, 2.45) is 46.8 Å². The van der Waals surface area contributed by atoms with Gasteiger partial charge in [-0.25, -0.2) is 0 Å². The fourth-order valence-electron chi connectivity index (χ4n) is 7.56. The normalized spacial score (nSPS) is 50.0. The van der Waals surface area contributed by atoms with E-state index in [2.05, 4.69) is 26.1 Å². The van der Waals surface area contributed by atoms with Gasteiger partial charge in [0.2, 0.25) is 0 Å². The maximum Gasteiger partial charge on any atom is -0.00152 e. The third kappa shape index (κ3) is 2.79. The Labute approximate surface area is 144 Å². The predicted molar refractivity (Wildman–Crippen MR) is 98.3 cm³/mol. The van der Waals surface area contributed by atoms with Crippen LogP contribution in [0.4, 0.5) is 0 Å². The van der Waals surface area contributed by atoms with Gasteiger partial charge in [-0.2, -0.15) is 0 Å². The van der Waals surface area contributed by atoms with Gasteiger partial charge in [-0.1, -0.05) is 40.0 Å². The summed E-state index contributed by atoms with van der Waals surface area (Å²) in [4.78, 5) is 0. The van der Waals surface area contributed by atoms with E-state index in [-0.39, 0.29) is 0 Å².